The number of hydrogen-bond acceptors (Lipinski definition) is 9. The number of benzene rings is 9. The second kappa shape index (κ2) is 15.8. The van der Waals surface area contributed by atoms with Gasteiger partial charge in [-0.25, -0.2) is 15.0 Å². The minimum absolute atomic E-state index is 0.587. The van der Waals surface area contributed by atoms with Gasteiger partial charge in [-0.3, -0.25) is 0 Å². The highest BCUT2D eigenvalue weighted by Crippen LogP contribution is 2.54. The standard InChI is InChI=1S/C57H36N6OS2/c1-7-19-49-43(13-1)61(44-14-2-8-20-50(44)64-49)40-31-25-37(26-32-40)55-58-56(38-27-33-41(34-28-38)62-45-15-3-9-21-51(45)65-52-22-10-4-16-46(52)62)60-57(59-55)39-29-35-42(36-30-39)63-47-17-5-11-23-53(47)66-54-24-12-6-18-48(54)63/h1-36H. The molecule has 0 radical (unpaired) electrons. The molecular formula is C57H36N6OS2. The minimum Gasteiger partial charge on any atom is -0.453 e. The predicted molar refractivity (Wildman–Crippen MR) is 269 cm³/mol. The summed E-state index contributed by atoms with van der Waals surface area (Å²) in [4.78, 5) is 27.4. The first-order valence-corrected chi connectivity index (χ1v) is 23.4. The van der Waals surface area contributed by atoms with Gasteiger partial charge in [0.15, 0.2) is 29.0 Å². The number of anilines is 9. The van der Waals surface area contributed by atoms with Gasteiger partial charge in [0.2, 0.25) is 0 Å². The van der Waals surface area contributed by atoms with Crippen LogP contribution in [0, 0.1) is 0 Å². The number of nitrogens with zero attached hydrogens (tertiary/aromatic N) is 6. The molecule has 0 amide bonds. The molecule has 10 aromatic rings. The van der Waals surface area contributed by atoms with Crippen LogP contribution in [0.5, 0.6) is 11.5 Å². The smallest absolute Gasteiger partial charge is 0.164 e. The molecule has 13 rings (SSSR count). The van der Waals surface area contributed by atoms with Gasteiger partial charge < -0.3 is 19.4 Å². The van der Waals surface area contributed by atoms with Gasteiger partial charge >= 0.3 is 0 Å². The third-order valence-electron chi connectivity index (χ3n) is 12.1. The zero-order chi connectivity index (χ0) is 43.6. The van der Waals surface area contributed by atoms with Crippen LogP contribution in [-0.4, -0.2) is 15.0 Å². The first kappa shape index (κ1) is 38.4. The molecule has 0 bridgehead atoms. The Morgan fingerprint density at radius 2 is 0.530 bits per heavy atom. The first-order chi connectivity index (χ1) is 32.7. The zero-order valence-corrected chi connectivity index (χ0v) is 36.8. The fraction of sp³-hybridized carbons (Fsp3) is 0. The average molecular weight is 885 g/mol. The molecule has 7 nitrogen and oxygen atoms in total. The molecule has 4 heterocycles. The zero-order valence-electron chi connectivity index (χ0n) is 35.2. The van der Waals surface area contributed by atoms with E-state index in [-0.39, 0.29) is 0 Å². The molecule has 1 aromatic heterocycles. The highest BCUT2D eigenvalue weighted by atomic mass is 32.2. The molecule has 312 valence electrons. The molecule has 0 spiro atoms. The number of aromatic nitrogens is 3. The first-order valence-electron chi connectivity index (χ1n) is 21.8. The van der Waals surface area contributed by atoms with Gasteiger partial charge in [-0.15, -0.1) is 0 Å². The third-order valence-corrected chi connectivity index (χ3v) is 14.3. The van der Waals surface area contributed by atoms with E-state index in [2.05, 4.69) is 197 Å². The summed E-state index contributed by atoms with van der Waals surface area (Å²) in [5.41, 5.74) is 12.4. The Labute approximate surface area is 390 Å². The normalized spacial score (nSPS) is 13.1. The van der Waals surface area contributed by atoms with E-state index in [0.717, 1.165) is 79.4 Å². The van der Waals surface area contributed by atoms with E-state index in [0.29, 0.717) is 17.5 Å². The molecule has 0 fully saturated rings. The molecule has 0 saturated carbocycles. The van der Waals surface area contributed by atoms with Crippen molar-refractivity contribution in [2.24, 2.45) is 0 Å². The highest BCUT2D eigenvalue weighted by molar-refractivity contribution is 8.00. The summed E-state index contributed by atoms with van der Waals surface area (Å²) in [6.45, 7) is 0. The van der Waals surface area contributed by atoms with Gasteiger partial charge in [0.05, 0.1) is 34.1 Å². The molecule has 9 aromatic carbocycles. The SMILES string of the molecule is c1ccc2c(c1)Oc1ccccc1N2c1ccc(-c2nc(-c3ccc(N4c5ccccc5Sc5ccccc54)cc3)nc(-c3ccc(N4c5ccccc5Sc5ccccc54)cc3)n2)cc1. The number of fused-ring (bicyclic) bond motifs is 6. The maximum atomic E-state index is 6.30. The van der Waals surface area contributed by atoms with E-state index in [4.69, 9.17) is 19.7 Å². The summed E-state index contributed by atoms with van der Waals surface area (Å²) in [5.74, 6) is 3.39. The summed E-state index contributed by atoms with van der Waals surface area (Å²) in [7, 11) is 0. The van der Waals surface area contributed by atoms with Crippen molar-refractivity contribution in [1.29, 1.82) is 0 Å². The maximum Gasteiger partial charge on any atom is 0.164 e. The van der Waals surface area contributed by atoms with Crippen molar-refractivity contribution in [3.8, 4) is 45.7 Å². The predicted octanol–water partition coefficient (Wildman–Crippen LogP) is 16.3. The van der Waals surface area contributed by atoms with Crippen molar-refractivity contribution in [2.75, 3.05) is 14.7 Å². The number of hydrogen-bond donors (Lipinski definition) is 0. The van der Waals surface area contributed by atoms with Crippen LogP contribution in [0.25, 0.3) is 34.2 Å². The van der Waals surface area contributed by atoms with Gasteiger partial charge in [0.25, 0.3) is 0 Å². The second-order valence-corrected chi connectivity index (χ2v) is 18.2. The Bertz CT molecular complexity index is 2970. The Balaban J connectivity index is 0.901. The fourth-order valence-electron chi connectivity index (χ4n) is 8.99. The van der Waals surface area contributed by atoms with E-state index in [1.807, 2.05) is 36.4 Å². The van der Waals surface area contributed by atoms with Crippen molar-refractivity contribution < 1.29 is 4.74 Å². The number of para-hydroxylation sites is 8. The Morgan fingerprint density at radius 3 is 0.848 bits per heavy atom. The summed E-state index contributed by atoms with van der Waals surface area (Å²) < 4.78 is 6.30. The van der Waals surface area contributed by atoms with Gasteiger partial charge in [0.1, 0.15) is 0 Å². The van der Waals surface area contributed by atoms with Crippen molar-refractivity contribution in [3.63, 3.8) is 0 Å². The maximum absolute atomic E-state index is 6.30. The van der Waals surface area contributed by atoms with Crippen LogP contribution < -0.4 is 19.4 Å². The van der Waals surface area contributed by atoms with Gasteiger partial charge in [0, 0.05) is 53.3 Å². The fourth-order valence-corrected chi connectivity index (χ4v) is 11.1. The Kier molecular flexibility index (Phi) is 9.21. The summed E-state index contributed by atoms with van der Waals surface area (Å²) in [6, 6.07) is 76.1. The molecule has 0 saturated heterocycles. The summed E-state index contributed by atoms with van der Waals surface area (Å²) in [6.07, 6.45) is 0. The number of rotatable bonds is 6. The molecular weight excluding hydrogens is 849 g/mol. The van der Waals surface area contributed by atoms with Gasteiger partial charge in [-0.1, -0.05) is 96.3 Å². The molecule has 9 heteroatoms. The lowest BCUT2D eigenvalue weighted by atomic mass is 10.1. The minimum atomic E-state index is 0.587. The Morgan fingerprint density at radius 1 is 0.273 bits per heavy atom. The summed E-state index contributed by atoms with van der Waals surface area (Å²) >= 11 is 3.61. The van der Waals surface area contributed by atoms with E-state index in [9.17, 15) is 0 Å². The monoisotopic (exact) mass is 884 g/mol. The summed E-state index contributed by atoms with van der Waals surface area (Å²) in [5, 5.41) is 0. The van der Waals surface area contributed by atoms with Crippen LogP contribution in [0.3, 0.4) is 0 Å². The van der Waals surface area contributed by atoms with Gasteiger partial charge in [-0.2, -0.15) is 0 Å². The third kappa shape index (κ3) is 6.59. The van der Waals surface area contributed by atoms with Crippen LogP contribution in [0.2, 0.25) is 0 Å². The second-order valence-electron chi connectivity index (χ2n) is 16.1. The lowest BCUT2D eigenvalue weighted by Gasteiger charge is -2.33. The van der Waals surface area contributed by atoms with Crippen LogP contribution in [0.4, 0.5) is 51.2 Å². The lowest BCUT2D eigenvalue weighted by molar-refractivity contribution is 0.477. The average Bonchev–Trinajstić information content (AvgIpc) is 3.39. The quantitative estimate of drug-likeness (QED) is 0.162. The van der Waals surface area contributed by atoms with E-state index < -0.39 is 0 Å². The van der Waals surface area contributed by atoms with E-state index in [1.165, 1.54) is 19.6 Å². The lowest BCUT2D eigenvalue weighted by Crippen LogP contribution is -2.15. The van der Waals surface area contributed by atoms with Crippen molar-refractivity contribution >= 4 is 74.7 Å². The topological polar surface area (TPSA) is 57.6 Å². The van der Waals surface area contributed by atoms with Crippen LogP contribution in [0.1, 0.15) is 0 Å². The Hall–Kier alpha value is -8.11. The van der Waals surface area contributed by atoms with Crippen molar-refractivity contribution in [3.05, 3.63) is 218 Å². The molecule has 66 heavy (non-hydrogen) atoms. The molecule has 0 N–H and O–H groups in total. The van der Waals surface area contributed by atoms with Crippen LogP contribution in [-0.2, 0) is 0 Å². The molecule has 3 aliphatic heterocycles. The molecule has 0 aliphatic carbocycles. The molecule has 0 atom stereocenters. The van der Waals surface area contributed by atoms with E-state index >= 15 is 0 Å². The largest absolute Gasteiger partial charge is 0.453 e. The number of ether oxygens (including phenoxy) is 1. The highest BCUT2D eigenvalue weighted by Gasteiger charge is 2.28. The van der Waals surface area contributed by atoms with Crippen LogP contribution >= 0.6 is 23.5 Å². The van der Waals surface area contributed by atoms with Gasteiger partial charge in [-0.05, 0) is 146 Å². The van der Waals surface area contributed by atoms with Crippen LogP contribution in [0.15, 0.2) is 238 Å². The molecule has 0 unspecified atom stereocenters. The van der Waals surface area contributed by atoms with Crippen molar-refractivity contribution in [1.82, 2.24) is 15.0 Å². The van der Waals surface area contributed by atoms with E-state index in [1.54, 1.807) is 23.5 Å². The molecule has 3 aliphatic rings. The van der Waals surface area contributed by atoms with Crippen molar-refractivity contribution in [2.45, 2.75) is 19.6 Å².